The first-order valence-corrected chi connectivity index (χ1v) is 9.66. The molecule has 2 aromatic rings. The molecule has 3 rings (SSSR count). The second kappa shape index (κ2) is 8.46. The van der Waals surface area contributed by atoms with E-state index in [0.29, 0.717) is 25.5 Å². The Kier molecular flexibility index (Phi) is 6.02. The molecule has 0 saturated carbocycles. The van der Waals surface area contributed by atoms with Crippen molar-refractivity contribution in [2.24, 2.45) is 5.92 Å². The van der Waals surface area contributed by atoms with Crippen molar-refractivity contribution in [3.8, 4) is 0 Å². The number of hydrogen-bond acceptors (Lipinski definition) is 4. The van der Waals surface area contributed by atoms with Crippen molar-refractivity contribution in [3.05, 3.63) is 48.2 Å². The van der Waals surface area contributed by atoms with Crippen LogP contribution in [0.2, 0.25) is 0 Å². The number of piperidine rings is 1. The van der Waals surface area contributed by atoms with Crippen LogP contribution >= 0.6 is 0 Å². The normalized spacial score (nSPS) is 17.2. The molecule has 2 heterocycles. The lowest BCUT2D eigenvalue weighted by Gasteiger charge is -2.33. The second-order valence-electron chi connectivity index (χ2n) is 8.11. The third kappa shape index (κ3) is 5.34. The van der Waals surface area contributed by atoms with Gasteiger partial charge in [0.2, 0.25) is 5.91 Å². The molecule has 1 fully saturated rings. The topological polar surface area (TPSA) is 76.5 Å². The van der Waals surface area contributed by atoms with E-state index in [1.807, 2.05) is 51.1 Å². The highest BCUT2D eigenvalue weighted by molar-refractivity contribution is 5.92. The third-order valence-corrected chi connectivity index (χ3v) is 4.59. The molecule has 1 N–H and O–H groups in total. The third-order valence-electron chi connectivity index (χ3n) is 4.59. The van der Waals surface area contributed by atoms with Gasteiger partial charge in [0.1, 0.15) is 11.4 Å². The lowest BCUT2D eigenvalue weighted by atomic mass is 9.97. The Morgan fingerprint density at radius 1 is 1.21 bits per heavy atom. The Labute approximate surface area is 165 Å². The minimum absolute atomic E-state index is 0.0944. The van der Waals surface area contributed by atoms with Gasteiger partial charge in [0, 0.05) is 19.2 Å². The molecule has 1 aromatic heterocycles. The summed E-state index contributed by atoms with van der Waals surface area (Å²) in [6.45, 7) is 7.09. The average molecular weight is 384 g/mol. The van der Waals surface area contributed by atoms with Gasteiger partial charge >= 0.3 is 6.09 Å². The summed E-state index contributed by atoms with van der Waals surface area (Å²) >= 11 is 0. The molecule has 1 atom stereocenters. The number of nitrogens with one attached hydrogen (secondary N) is 1. The van der Waals surface area contributed by atoms with Gasteiger partial charge in [-0.15, -0.1) is 0 Å². The van der Waals surface area contributed by atoms with Crippen LogP contribution in [0.5, 0.6) is 0 Å². The molecular weight excluding hydrogens is 356 g/mol. The molecule has 7 nitrogen and oxygen atoms in total. The lowest BCUT2D eigenvalue weighted by molar-refractivity contribution is -0.121. The van der Waals surface area contributed by atoms with Gasteiger partial charge in [0.25, 0.3) is 0 Å². The number of rotatable bonds is 4. The number of ether oxygens (including phenoxy) is 1. The highest BCUT2D eigenvalue weighted by atomic mass is 16.6. The molecule has 7 heteroatoms. The molecule has 1 saturated heterocycles. The van der Waals surface area contributed by atoms with Crippen molar-refractivity contribution in [3.63, 3.8) is 0 Å². The van der Waals surface area contributed by atoms with E-state index >= 15 is 0 Å². The maximum absolute atomic E-state index is 12.8. The average Bonchev–Trinajstić information content (AvgIpc) is 3.08. The predicted octanol–water partition coefficient (Wildman–Crippen LogP) is 3.52. The Bertz CT molecular complexity index is 811. The van der Waals surface area contributed by atoms with Crippen LogP contribution < -0.4 is 5.32 Å². The van der Waals surface area contributed by atoms with Crippen molar-refractivity contribution in [2.45, 2.75) is 45.8 Å². The van der Waals surface area contributed by atoms with E-state index in [0.717, 1.165) is 18.4 Å². The van der Waals surface area contributed by atoms with Crippen LogP contribution in [0.4, 0.5) is 10.6 Å². The molecule has 2 amide bonds. The molecule has 0 unspecified atom stereocenters. The van der Waals surface area contributed by atoms with Crippen LogP contribution in [0.25, 0.3) is 0 Å². The summed E-state index contributed by atoms with van der Waals surface area (Å²) in [5.41, 5.74) is 0.562. The lowest BCUT2D eigenvalue weighted by Crippen LogP contribution is -2.45. The highest BCUT2D eigenvalue weighted by Gasteiger charge is 2.31. The van der Waals surface area contributed by atoms with Crippen LogP contribution in [-0.2, 0) is 16.1 Å². The van der Waals surface area contributed by atoms with Crippen molar-refractivity contribution >= 4 is 17.8 Å². The van der Waals surface area contributed by atoms with Crippen LogP contribution in [0.1, 0.15) is 39.2 Å². The van der Waals surface area contributed by atoms with Crippen molar-refractivity contribution in [1.29, 1.82) is 0 Å². The van der Waals surface area contributed by atoms with Crippen molar-refractivity contribution in [1.82, 2.24) is 14.7 Å². The SMILES string of the molecule is CC(C)(C)OC(=O)N1CCC[C@@H](C(=O)Nc2ccnn2Cc2ccccc2)C1. The van der Waals surface area contributed by atoms with Crippen molar-refractivity contribution in [2.75, 3.05) is 18.4 Å². The molecular formula is C21H28N4O3. The zero-order valence-electron chi connectivity index (χ0n) is 16.7. The Balaban J connectivity index is 1.61. The summed E-state index contributed by atoms with van der Waals surface area (Å²) in [5.74, 6) is 0.299. The highest BCUT2D eigenvalue weighted by Crippen LogP contribution is 2.21. The van der Waals surface area contributed by atoms with E-state index < -0.39 is 5.60 Å². The minimum atomic E-state index is -0.545. The smallest absolute Gasteiger partial charge is 0.410 e. The fraction of sp³-hybridized carbons (Fsp3) is 0.476. The first-order valence-electron chi connectivity index (χ1n) is 9.66. The van der Waals surface area contributed by atoms with Crippen LogP contribution in [0.15, 0.2) is 42.6 Å². The van der Waals surface area contributed by atoms with Gasteiger partial charge in [-0.3, -0.25) is 4.79 Å². The van der Waals surface area contributed by atoms with E-state index in [1.54, 1.807) is 21.8 Å². The number of likely N-dealkylation sites (tertiary alicyclic amines) is 1. The van der Waals surface area contributed by atoms with Gasteiger partial charge < -0.3 is 15.0 Å². The maximum atomic E-state index is 12.8. The number of aromatic nitrogens is 2. The number of hydrogen-bond donors (Lipinski definition) is 1. The predicted molar refractivity (Wildman–Crippen MR) is 107 cm³/mol. The Morgan fingerprint density at radius 3 is 2.68 bits per heavy atom. The van der Waals surface area contributed by atoms with Gasteiger partial charge in [0.05, 0.1) is 18.7 Å². The number of nitrogens with zero attached hydrogens (tertiary/aromatic N) is 3. The number of amides is 2. The van der Waals surface area contributed by atoms with E-state index in [9.17, 15) is 9.59 Å². The summed E-state index contributed by atoms with van der Waals surface area (Å²) in [4.78, 5) is 26.7. The largest absolute Gasteiger partial charge is 0.444 e. The Morgan fingerprint density at radius 2 is 1.96 bits per heavy atom. The molecule has 0 spiro atoms. The molecule has 1 aliphatic rings. The molecule has 28 heavy (non-hydrogen) atoms. The molecule has 0 aliphatic carbocycles. The van der Waals surface area contributed by atoms with Crippen LogP contribution in [-0.4, -0.2) is 45.4 Å². The maximum Gasteiger partial charge on any atom is 0.410 e. The van der Waals surface area contributed by atoms with Gasteiger partial charge in [-0.2, -0.15) is 5.10 Å². The minimum Gasteiger partial charge on any atom is -0.444 e. The number of carbonyl (C=O) groups is 2. The fourth-order valence-electron chi connectivity index (χ4n) is 3.23. The van der Waals surface area contributed by atoms with Gasteiger partial charge in [-0.05, 0) is 39.2 Å². The zero-order valence-corrected chi connectivity index (χ0v) is 16.7. The number of benzene rings is 1. The van der Waals surface area contributed by atoms with Crippen molar-refractivity contribution < 1.29 is 14.3 Å². The Hall–Kier alpha value is -2.83. The van der Waals surface area contributed by atoms with Crippen LogP contribution in [0.3, 0.4) is 0 Å². The van der Waals surface area contributed by atoms with Gasteiger partial charge in [-0.1, -0.05) is 30.3 Å². The van der Waals surface area contributed by atoms with E-state index in [2.05, 4.69) is 10.4 Å². The quantitative estimate of drug-likeness (QED) is 0.875. The molecule has 150 valence electrons. The summed E-state index contributed by atoms with van der Waals surface area (Å²) < 4.78 is 7.20. The van der Waals surface area contributed by atoms with E-state index in [1.165, 1.54) is 0 Å². The standard InChI is InChI=1S/C21H28N4O3/c1-21(2,3)28-20(27)24-13-7-10-17(15-24)19(26)23-18-11-12-22-25(18)14-16-8-5-4-6-9-16/h4-6,8-9,11-12,17H,7,10,13-15H2,1-3H3,(H,23,26)/t17-/m1/s1. The van der Waals surface area contributed by atoms with E-state index in [4.69, 9.17) is 4.74 Å². The van der Waals surface area contributed by atoms with Crippen LogP contribution in [0, 0.1) is 5.92 Å². The summed E-state index contributed by atoms with van der Waals surface area (Å²) in [7, 11) is 0. The first-order chi connectivity index (χ1) is 13.3. The van der Waals surface area contributed by atoms with Gasteiger partial charge in [-0.25, -0.2) is 9.48 Å². The van der Waals surface area contributed by atoms with E-state index in [-0.39, 0.29) is 17.9 Å². The number of carbonyl (C=O) groups excluding carboxylic acids is 2. The summed E-state index contributed by atoms with van der Waals surface area (Å²) in [5, 5.41) is 7.28. The summed E-state index contributed by atoms with van der Waals surface area (Å²) in [6, 6.07) is 11.7. The zero-order chi connectivity index (χ0) is 20.1. The first kappa shape index (κ1) is 19.9. The molecule has 0 radical (unpaired) electrons. The second-order valence-corrected chi connectivity index (χ2v) is 8.11. The molecule has 1 aliphatic heterocycles. The van der Waals surface area contributed by atoms with Gasteiger partial charge in [0.15, 0.2) is 0 Å². The molecule has 0 bridgehead atoms. The monoisotopic (exact) mass is 384 g/mol. The number of anilines is 1. The molecule has 1 aromatic carbocycles. The summed E-state index contributed by atoms with van der Waals surface area (Å²) in [6.07, 6.45) is 2.84. The fourth-order valence-corrected chi connectivity index (χ4v) is 3.23.